The van der Waals surface area contributed by atoms with Crippen LogP contribution in [0.1, 0.15) is 36.3 Å². The summed E-state index contributed by atoms with van der Waals surface area (Å²) in [6.45, 7) is 0. The van der Waals surface area contributed by atoms with Gasteiger partial charge in [-0.25, -0.2) is 9.07 Å². The number of ketones is 1. The first-order chi connectivity index (χ1) is 13.6. The van der Waals surface area contributed by atoms with Crippen molar-refractivity contribution in [3.63, 3.8) is 0 Å². The normalized spacial score (nSPS) is 18.5. The second kappa shape index (κ2) is 6.34. The molecular weight excluding hydrogens is 357 g/mol. The number of benzene rings is 2. The summed E-state index contributed by atoms with van der Waals surface area (Å²) >= 11 is 0. The fraction of sp³-hybridized carbons (Fsp3) is 0.182. The lowest BCUT2D eigenvalue weighted by Crippen LogP contribution is -2.30. The summed E-state index contributed by atoms with van der Waals surface area (Å²) in [5, 5.41) is 6.35. The molecule has 2 aromatic carbocycles. The van der Waals surface area contributed by atoms with Crippen molar-refractivity contribution in [2.45, 2.75) is 25.2 Å². The second-order valence-corrected chi connectivity index (χ2v) is 7.13. The van der Waals surface area contributed by atoms with E-state index in [1.54, 1.807) is 18.2 Å². The van der Waals surface area contributed by atoms with E-state index in [-0.39, 0.29) is 11.3 Å². The molecule has 5 nitrogen and oxygen atoms in total. The SMILES string of the molecule is O=C1CCCC2=C1[C@H](c1ccccc1F)c1c([nH]n(-c3ccccc3)c1=O)N2. The van der Waals surface area contributed by atoms with Crippen LogP contribution in [0.3, 0.4) is 0 Å². The molecule has 28 heavy (non-hydrogen) atoms. The third kappa shape index (κ3) is 2.45. The number of nitrogens with one attached hydrogen (secondary N) is 2. The number of fused-ring (bicyclic) bond motifs is 1. The van der Waals surface area contributed by atoms with Crippen LogP contribution in [-0.2, 0) is 4.79 Å². The first kappa shape index (κ1) is 16.7. The first-order valence-corrected chi connectivity index (χ1v) is 9.33. The van der Waals surface area contributed by atoms with Gasteiger partial charge in [0.25, 0.3) is 5.56 Å². The Morgan fingerprint density at radius 3 is 2.50 bits per heavy atom. The number of Topliss-reactive ketones (excluding diaryl/α,β-unsaturated/α-hetero) is 1. The maximum absolute atomic E-state index is 14.7. The zero-order chi connectivity index (χ0) is 19.3. The number of hydrogen-bond donors (Lipinski definition) is 2. The molecule has 0 radical (unpaired) electrons. The molecule has 1 atom stereocenters. The van der Waals surface area contributed by atoms with Gasteiger partial charge in [0.05, 0.1) is 17.2 Å². The van der Waals surface area contributed by atoms with Gasteiger partial charge in [0.15, 0.2) is 5.78 Å². The zero-order valence-electron chi connectivity index (χ0n) is 15.0. The number of nitrogens with zero attached hydrogens (tertiary/aromatic N) is 1. The number of halogens is 1. The van der Waals surface area contributed by atoms with Crippen LogP contribution in [0, 0.1) is 5.82 Å². The maximum Gasteiger partial charge on any atom is 0.277 e. The average Bonchev–Trinajstić information content (AvgIpc) is 3.04. The molecule has 3 aromatic rings. The minimum atomic E-state index is -0.714. The van der Waals surface area contributed by atoms with Crippen LogP contribution in [0.5, 0.6) is 0 Å². The van der Waals surface area contributed by atoms with Crippen LogP contribution >= 0.6 is 0 Å². The predicted octanol–water partition coefficient (Wildman–Crippen LogP) is 3.87. The molecular formula is C22H18FN3O2. The van der Waals surface area contributed by atoms with Crippen molar-refractivity contribution in [2.24, 2.45) is 0 Å². The van der Waals surface area contributed by atoms with E-state index in [9.17, 15) is 14.0 Å². The van der Waals surface area contributed by atoms with E-state index in [0.29, 0.717) is 41.0 Å². The summed E-state index contributed by atoms with van der Waals surface area (Å²) in [4.78, 5) is 26.1. The molecule has 0 unspecified atom stereocenters. The molecule has 140 valence electrons. The summed E-state index contributed by atoms with van der Waals surface area (Å²) < 4.78 is 16.2. The van der Waals surface area contributed by atoms with Crippen molar-refractivity contribution >= 4 is 11.6 Å². The van der Waals surface area contributed by atoms with E-state index in [1.165, 1.54) is 10.7 Å². The highest BCUT2D eigenvalue weighted by molar-refractivity contribution is 6.00. The second-order valence-electron chi connectivity index (χ2n) is 7.13. The topological polar surface area (TPSA) is 66.9 Å². The van der Waals surface area contributed by atoms with Crippen LogP contribution < -0.4 is 10.9 Å². The Labute approximate surface area is 160 Å². The Morgan fingerprint density at radius 2 is 1.71 bits per heavy atom. The van der Waals surface area contributed by atoms with Crippen LogP contribution in [0.15, 0.2) is 70.7 Å². The molecule has 0 saturated carbocycles. The summed E-state index contributed by atoms with van der Waals surface area (Å²) in [6.07, 6.45) is 1.86. The highest BCUT2D eigenvalue weighted by Crippen LogP contribution is 2.44. The summed E-state index contributed by atoms with van der Waals surface area (Å²) in [7, 11) is 0. The maximum atomic E-state index is 14.7. The smallest absolute Gasteiger partial charge is 0.277 e. The molecule has 6 heteroatoms. The van der Waals surface area contributed by atoms with E-state index >= 15 is 0 Å². The first-order valence-electron chi connectivity index (χ1n) is 9.33. The van der Waals surface area contributed by atoms with Crippen molar-refractivity contribution in [1.82, 2.24) is 9.78 Å². The van der Waals surface area contributed by atoms with E-state index in [4.69, 9.17) is 0 Å². The number of aromatic nitrogens is 2. The molecule has 2 aliphatic rings. The van der Waals surface area contributed by atoms with Gasteiger partial charge in [-0.05, 0) is 31.0 Å². The number of carbonyl (C=O) groups is 1. The van der Waals surface area contributed by atoms with Crippen LogP contribution in [0.2, 0.25) is 0 Å². The van der Waals surface area contributed by atoms with Crippen LogP contribution in [0.25, 0.3) is 5.69 Å². The number of H-pyrrole nitrogens is 1. The number of aromatic amines is 1. The Bertz CT molecular complexity index is 1170. The number of para-hydroxylation sites is 1. The highest BCUT2D eigenvalue weighted by Gasteiger charge is 2.39. The quantitative estimate of drug-likeness (QED) is 0.715. The minimum Gasteiger partial charge on any atom is -0.343 e. The monoisotopic (exact) mass is 375 g/mol. The van der Waals surface area contributed by atoms with E-state index in [1.807, 2.05) is 30.3 Å². The number of allylic oxidation sites excluding steroid dienone is 2. The fourth-order valence-electron chi connectivity index (χ4n) is 4.22. The summed E-state index contributed by atoms with van der Waals surface area (Å²) in [6, 6.07) is 15.6. The van der Waals surface area contributed by atoms with Gasteiger partial charge in [0.1, 0.15) is 11.6 Å². The lowest BCUT2D eigenvalue weighted by molar-refractivity contribution is -0.116. The predicted molar refractivity (Wildman–Crippen MR) is 104 cm³/mol. The average molecular weight is 375 g/mol. The molecule has 1 aromatic heterocycles. The third-order valence-corrected chi connectivity index (χ3v) is 5.47. The Morgan fingerprint density at radius 1 is 0.964 bits per heavy atom. The molecule has 0 fully saturated rings. The van der Waals surface area contributed by atoms with Crippen molar-refractivity contribution in [1.29, 1.82) is 0 Å². The molecule has 5 rings (SSSR count). The van der Waals surface area contributed by atoms with Crippen molar-refractivity contribution in [2.75, 3.05) is 5.32 Å². The molecule has 1 aliphatic carbocycles. The van der Waals surface area contributed by atoms with Crippen molar-refractivity contribution in [3.05, 3.63) is 93.2 Å². The Hall–Kier alpha value is -3.41. The molecule has 2 heterocycles. The van der Waals surface area contributed by atoms with E-state index in [2.05, 4.69) is 10.4 Å². The van der Waals surface area contributed by atoms with Gasteiger partial charge in [-0.3, -0.25) is 14.7 Å². The number of anilines is 1. The van der Waals surface area contributed by atoms with Crippen molar-refractivity contribution < 1.29 is 9.18 Å². The van der Waals surface area contributed by atoms with Crippen LogP contribution in [0.4, 0.5) is 10.2 Å². The van der Waals surface area contributed by atoms with Crippen LogP contribution in [-0.4, -0.2) is 15.6 Å². The fourth-order valence-corrected chi connectivity index (χ4v) is 4.22. The highest BCUT2D eigenvalue weighted by atomic mass is 19.1. The Kier molecular flexibility index (Phi) is 3.79. The largest absolute Gasteiger partial charge is 0.343 e. The van der Waals surface area contributed by atoms with Gasteiger partial charge in [0, 0.05) is 23.3 Å². The third-order valence-electron chi connectivity index (χ3n) is 5.47. The summed E-state index contributed by atoms with van der Waals surface area (Å²) in [5.41, 5.74) is 2.41. The van der Waals surface area contributed by atoms with E-state index in [0.717, 1.165) is 12.1 Å². The minimum absolute atomic E-state index is 0.0282. The molecule has 0 bridgehead atoms. The standard InChI is InChI=1S/C22H18FN3O2/c23-15-10-5-4-9-14(15)18-19-16(11-6-12-17(19)27)24-21-20(18)22(28)26(25-21)13-7-2-1-3-8-13/h1-5,7-10,18,24-25H,6,11-12H2/t18-/m0/s1. The lowest BCUT2D eigenvalue weighted by Gasteiger charge is -2.31. The van der Waals surface area contributed by atoms with Gasteiger partial charge >= 0.3 is 0 Å². The van der Waals surface area contributed by atoms with Gasteiger partial charge in [-0.1, -0.05) is 36.4 Å². The molecule has 0 amide bonds. The molecule has 1 aliphatic heterocycles. The zero-order valence-corrected chi connectivity index (χ0v) is 15.0. The molecule has 0 saturated heterocycles. The molecule has 2 N–H and O–H groups in total. The Balaban J connectivity index is 1.78. The van der Waals surface area contributed by atoms with Crippen molar-refractivity contribution in [3.8, 4) is 5.69 Å². The van der Waals surface area contributed by atoms with E-state index < -0.39 is 11.7 Å². The summed E-state index contributed by atoms with van der Waals surface area (Å²) in [5.74, 6) is -0.638. The number of rotatable bonds is 2. The number of hydrogen-bond acceptors (Lipinski definition) is 3. The van der Waals surface area contributed by atoms with Gasteiger partial charge in [-0.2, -0.15) is 0 Å². The lowest BCUT2D eigenvalue weighted by atomic mass is 9.76. The number of carbonyl (C=O) groups excluding carboxylic acids is 1. The van der Waals surface area contributed by atoms with Gasteiger partial charge in [-0.15, -0.1) is 0 Å². The van der Waals surface area contributed by atoms with Gasteiger partial charge < -0.3 is 5.32 Å². The van der Waals surface area contributed by atoms with Gasteiger partial charge in [0.2, 0.25) is 0 Å². The molecule has 0 spiro atoms.